The summed E-state index contributed by atoms with van der Waals surface area (Å²) in [7, 11) is 0. The van der Waals surface area contributed by atoms with Crippen molar-refractivity contribution < 1.29 is 0 Å². The maximum atomic E-state index is 5.67. The zero-order valence-electron chi connectivity index (χ0n) is 14.6. The fourth-order valence-corrected chi connectivity index (χ4v) is 3.71. The van der Waals surface area contributed by atoms with E-state index in [4.69, 9.17) is 10.7 Å². The molecule has 0 amide bonds. The number of thiazole rings is 1. The molecule has 0 spiro atoms. The van der Waals surface area contributed by atoms with Gasteiger partial charge in [-0.25, -0.2) is 4.98 Å². The minimum atomic E-state index is 0.717. The van der Waals surface area contributed by atoms with Gasteiger partial charge in [0.2, 0.25) is 0 Å². The summed E-state index contributed by atoms with van der Waals surface area (Å²) in [6.45, 7) is 4.25. The molecule has 26 heavy (non-hydrogen) atoms. The van der Waals surface area contributed by atoms with Gasteiger partial charge in [0.05, 0.1) is 21.6 Å². The Morgan fingerprint density at radius 2 is 1.42 bits per heavy atom. The van der Waals surface area contributed by atoms with Gasteiger partial charge in [-0.15, -0.1) is 11.3 Å². The van der Waals surface area contributed by atoms with E-state index in [2.05, 4.69) is 36.2 Å². The van der Waals surface area contributed by atoms with Crippen molar-refractivity contribution >= 4 is 38.6 Å². The molecule has 4 rings (SSSR count). The van der Waals surface area contributed by atoms with Gasteiger partial charge in [-0.1, -0.05) is 6.07 Å². The molecule has 1 heterocycles. The minimum absolute atomic E-state index is 0.717. The number of anilines is 1. The number of aromatic nitrogens is 1. The van der Waals surface area contributed by atoms with Crippen LogP contribution in [0, 0.1) is 13.8 Å². The number of hydrogen-bond donors (Lipinski definition) is 1. The van der Waals surface area contributed by atoms with Crippen molar-refractivity contribution in [2.75, 3.05) is 5.73 Å². The van der Waals surface area contributed by atoms with Gasteiger partial charge < -0.3 is 5.73 Å². The fourth-order valence-electron chi connectivity index (χ4n) is 2.68. The zero-order valence-corrected chi connectivity index (χ0v) is 15.4. The highest BCUT2D eigenvalue weighted by Gasteiger charge is 2.09. The fraction of sp³-hybridized carbons (Fsp3) is 0.0952. The highest BCUT2D eigenvalue weighted by Crippen LogP contribution is 2.33. The molecule has 0 aliphatic heterocycles. The molecule has 4 aromatic rings. The van der Waals surface area contributed by atoms with Crippen LogP contribution in [-0.2, 0) is 0 Å². The predicted molar refractivity (Wildman–Crippen MR) is 110 cm³/mol. The number of azo groups is 1. The number of aryl methyl sites for hydroxylation is 2. The lowest BCUT2D eigenvalue weighted by atomic mass is 10.1. The van der Waals surface area contributed by atoms with Gasteiger partial charge >= 0.3 is 0 Å². The van der Waals surface area contributed by atoms with Crippen LogP contribution < -0.4 is 5.73 Å². The van der Waals surface area contributed by atoms with Crippen LogP contribution in [0.25, 0.3) is 20.8 Å². The van der Waals surface area contributed by atoms with E-state index in [1.54, 1.807) is 11.3 Å². The van der Waals surface area contributed by atoms with Gasteiger partial charge in [-0.3, -0.25) is 0 Å². The normalized spacial score (nSPS) is 11.5. The third-order valence-electron chi connectivity index (χ3n) is 4.37. The van der Waals surface area contributed by atoms with Crippen LogP contribution in [0.15, 0.2) is 70.9 Å². The summed E-state index contributed by atoms with van der Waals surface area (Å²) in [4.78, 5) is 4.83. The summed E-state index contributed by atoms with van der Waals surface area (Å²) in [5, 5.41) is 9.53. The van der Waals surface area contributed by atoms with E-state index in [-0.39, 0.29) is 0 Å². The number of nitrogen functional groups attached to an aromatic ring is 1. The average Bonchev–Trinajstić information content (AvgIpc) is 3.10. The minimum Gasteiger partial charge on any atom is -0.399 e. The summed E-state index contributed by atoms with van der Waals surface area (Å²) >= 11 is 1.71. The second-order valence-corrected chi connectivity index (χ2v) is 7.24. The van der Waals surface area contributed by atoms with Crippen LogP contribution in [0.5, 0.6) is 0 Å². The summed E-state index contributed by atoms with van der Waals surface area (Å²) in [6.07, 6.45) is 0. The van der Waals surface area contributed by atoms with Gasteiger partial charge in [0, 0.05) is 11.3 Å². The van der Waals surface area contributed by atoms with Crippen molar-refractivity contribution in [2.45, 2.75) is 13.8 Å². The lowest BCUT2D eigenvalue weighted by molar-refractivity contribution is 1.23. The number of nitrogens with two attached hydrogens (primary N) is 1. The van der Waals surface area contributed by atoms with Crippen molar-refractivity contribution in [1.29, 1.82) is 0 Å². The molecular weight excluding hydrogens is 340 g/mol. The first kappa shape index (κ1) is 16.4. The van der Waals surface area contributed by atoms with Crippen molar-refractivity contribution in [3.63, 3.8) is 0 Å². The molecule has 0 saturated carbocycles. The quantitative estimate of drug-likeness (QED) is 0.332. The predicted octanol–water partition coefficient (Wildman–Crippen LogP) is 6.58. The van der Waals surface area contributed by atoms with E-state index in [0.717, 1.165) is 33.1 Å². The smallest absolute Gasteiger partial charge is 0.124 e. The molecule has 0 unspecified atom stereocenters. The summed E-state index contributed by atoms with van der Waals surface area (Å²) in [5.74, 6) is 0. The Morgan fingerprint density at radius 3 is 2.08 bits per heavy atom. The van der Waals surface area contributed by atoms with E-state index in [1.165, 1.54) is 15.8 Å². The highest BCUT2D eigenvalue weighted by atomic mass is 32.1. The van der Waals surface area contributed by atoms with Crippen molar-refractivity contribution in [1.82, 2.24) is 4.98 Å². The molecule has 0 bridgehead atoms. The first-order valence-corrected chi connectivity index (χ1v) is 9.16. The largest absolute Gasteiger partial charge is 0.399 e. The topological polar surface area (TPSA) is 63.6 Å². The second-order valence-electron chi connectivity index (χ2n) is 6.21. The van der Waals surface area contributed by atoms with Crippen LogP contribution >= 0.6 is 11.3 Å². The lowest BCUT2D eigenvalue weighted by Crippen LogP contribution is -1.82. The highest BCUT2D eigenvalue weighted by molar-refractivity contribution is 7.21. The molecule has 2 N–H and O–H groups in total. The third-order valence-corrected chi connectivity index (χ3v) is 5.44. The van der Waals surface area contributed by atoms with E-state index in [1.807, 2.05) is 48.5 Å². The Bertz CT molecular complexity index is 1090. The molecule has 4 nitrogen and oxygen atoms in total. The van der Waals surface area contributed by atoms with Crippen molar-refractivity contribution in [2.24, 2.45) is 10.2 Å². The van der Waals surface area contributed by atoms with Crippen molar-refractivity contribution in [3.8, 4) is 10.6 Å². The molecule has 3 aromatic carbocycles. The molecular formula is C21H18N4S. The number of benzene rings is 3. The second kappa shape index (κ2) is 6.69. The van der Waals surface area contributed by atoms with E-state index < -0.39 is 0 Å². The Morgan fingerprint density at radius 1 is 0.808 bits per heavy atom. The Hall–Kier alpha value is -3.05. The molecule has 1 aromatic heterocycles. The van der Waals surface area contributed by atoms with Crippen LogP contribution in [0.3, 0.4) is 0 Å². The summed E-state index contributed by atoms with van der Waals surface area (Å²) < 4.78 is 1.22. The van der Waals surface area contributed by atoms with Crippen LogP contribution in [0.2, 0.25) is 0 Å². The average molecular weight is 358 g/mol. The maximum Gasteiger partial charge on any atom is 0.124 e. The maximum absolute atomic E-state index is 5.67. The molecule has 128 valence electrons. The first-order valence-electron chi connectivity index (χ1n) is 8.34. The number of fused-ring (bicyclic) bond motifs is 1. The van der Waals surface area contributed by atoms with Gasteiger partial charge in [0.25, 0.3) is 0 Å². The van der Waals surface area contributed by atoms with Gasteiger partial charge in [0.1, 0.15) is 5.01 Å². The van der Waals surface area contributed by atoms with Crippen molar-refractivity contribution in [3.05, 3.63) is 71.8 Å². The number of nitrogens with zero attached hydrogens (tertiary/aromatic N) is 3. The molecule has 0 aliphatic carbocycles. The number of rotatable bonds is 3. The third kappa shape index (κ3) is 3.21. The molecule has 0 saturated heterocycles. The molecule has 0 radical (unpaired) electrons. The van der Waals surface area contributed by atoms with Crippen LogP contribution in [0.1, 0.15) is 11.1 Å². The lowest BCUT2D eigenvalue weighted by Gasteiger charge is -1.98. The Labute approximate surface area is 156 Å². The Balaban J connectivity index is 1.59. The van der Waals surface area contributed by atoms with Crippen LogP contribution in [0.4, 0.5) is 17.1 Å². The molecule has 0 fully saturated rings. The zero-order chi connectivity index (χ0) is 18.1. The SMILES string of the molecule is Cc1ccc2sc(-c3ccc(N=Nc4ccc(N)cc4)cc3)nc2c1C. The van der Waals surface area contributed by atoms with Gasteiger partial charge in [-0.05, 0) is 79.6 Å². The van der Waals surface area contributed by atoms with Crippen LogP contribution in [-0.4, -0.2) is 4.98 Å². The standard InChI is InChI=1S/C21H18N4S/c1-13-3-12-19-20(14(13)2)23-21(26-19)15-4-8-17(9-5-15)24-25-18-10-6-16(22)7-11-18/h3-12H,22H2,1-2H3. The molecule has 0 aliphatic rings. The summed E-state index contributed by atoms with van der Waals surface area (Å²) in [5.41, 5.74) is 12.7. The van der Waals surface area contributed by atoms with Gasteiger partial charge in [-0.2, -0.15) is 10.2 Å². The summed E-state index contributed by atoms with van der Waals surface area (Å²) in [6, 6.07) is 19.6. The Kier molecular flexibility index (Phi) is 4.22. The number of hydrogen-bond acceptors (Lipinski definition) is 5. The van der Waals surface area contributed by atoms with E-state index in [9.17, 15) is 0 Å². The molecule has 5 heteroatoms. The van der Waals surface area contributed by atoms with Gasteiger partial charge in [0.15, 0.2) is 0 Å². The first-order chi connectivity index (χ1) is 12.6. The molecule has 0 atom stereocenters. The monoisotopic (exact) mass is 358 g/mol. The van der Waals surface area contributed by atoms with E-state index in [0.29, 0.717) is 0 Å². The van der Waals surface area contributed by atoms with E-state index >= 15 is 0 Å².